The van der Waals surface area contributed by atoms with Crippen molar-refractivity contribution in [1.29, 1.82) is 0 Å². The van der Waals surface area contributed by atoms with Crippen LogP contribution in [0.25, 0.3) is 11.2 Å². The van der Waals surface area contributed by atoms with Gasteiger partial charge in [-0.05, 0) is 36.5 Å². The number of nitrogen functional groups attached to an aromatic ring is 1. The summed E-state index contributed by atoms with van der Waals surface area (Å²) in [5, 5.41) is 24.6. The number of amides is 1. The van der Waals surface area contributed by atoms with Gasteiger partial charge in [0.05, 0.1) is 18.4 Å². The minimum absolute atomic E-state index is 0.0383. The molecule has 10 heteroatoms. The number of pyridine rings is 1. The Hall–Kier alpha value is -3.05. The molecule has 1 aliphatic heterocycles. The fourth-order valence-corrected chi connectivity index (χ4v) is 4.75. The van der Waals surface area contributed by atoms with Crippen molar-refractivity contribution < 1.29 is 19.7 Å². The monoisotopic (exact) mass is 524 g/mol. The van der Waals surface area contributed by atoms with Crippen LogP contribution in [0, 0.1) is 0 Å². The highest BCUT2D eigenvalue weighted by atomic mass is 16.6. The number of aliphatic hydroxyl groups is 2. The summed E-state index contributed by atoms with van der Waals surface area (Å²) in [6.45, 7) is 12.0. The van der Waals surface area contributed by atoms with Crippen molar-refractivity contribution in [2.45, 2.75) is 77.0 Å². The number of nitrogens with one attached hydrogen (secondary N) is 1. The second kappa shape index (κ2) is 11.4. The summed E-state index contributed by atoms with van der Waals surface area (Å²) in [4.78, 5) is 23.3. The fourth-order valence-electron chi connectivity index (χ4n) is 4.75. The van der Waals surface area contributed by atoms with E-state index in [9.17, 15) is 15.0 Å². The van der Waals surface area contributed by atoms with Gasteiger partial charge >= 0.3 is 0 Å². The molecule has 1 aliphatic rings. The number of nitrogens with two attached hydrogens (primary N) is 1. The lowest BCUT2D eigenvalue weighted by molar-refractivity contribution is -0.120. The van der Waals surface area contributed by atoms with Gasteiger partial charge in [0.25, 0.3) is 0 Å². The number of carbonyl (C=O) groups excluding carboxylic acids is 1. The van der Waals surface area contributed by atoms with Gasteiger partial charge in [-0.3, -0.25) is 14.3 Å². The Morgan fingerprint density at radius 2 is 1.87 bits per heavy atom. The molecule has 0 saturated carbocycles. The predicted molar refractivity (Wildman–Crippen MR) is 146 cm³/mol. The van der Waals surface area contributed by atoms with E-state index >= 15 is 0 Å². The van der Waals surface area contributed by atoms with Crippen LogP contribution in [-0.2, 0) is 21.4 Å². The lowest BCUT2D eigenvalue weighted by Crippen LogP contribution is -2.45. The van der Waals surface area contributed by atoms with E-state index in [-0.39, 0.29) is 17.4 Å². The molecule has 1 saturated heterocycles. The summed E-state index contributed by atoms with van der Waals surface area (Å²) in [5.41, 5.74) is 9.75. The first-order chi connectivity index (χ1) is 18.0. The van der Waals surface area contributed by atoms with Crippen molar-refractivity contribution in [1.82, 2.24) is 24.8 Å². The third-order valence-corrected chi connectivity index (χ3v) is 7.15. The Morgan fingerprint density at radius 1 is 1.16 bits per heavy atom. The first-order valence-electron chi connectivity index (χ1n) is 13.1. The molecule has 5 N–H and O–H groups in total. The summed E-state index contributed by atoms with van der Waals surface area (Å²) in [7, 11) is 0. The third kappa shape index (κ3) is 6.15. The zero-order valence-corrected chi connectivity index (χ0v) is 22.8. The number of aliphatic hydroxyl groups excluding tert-OH is 2. The number of aromatic nitrogens is 3. The maximum Gasteiger partial charge on any atom is 0.224 e. The number of nitrogens with zero attached hydrogens (tertiary/aromatic N) is 4. The number of hydrogen-bond donors (Lipinski definition) is 4. The standard InChI is InChI=1S/C28H40N6O4/c1-17(2)33(13-12-30-22(35)14-18-6-8-19(9-7-18)28(3,4)5)15-21-24(36)25(37)27(38-21)34-16-32-23-20(29)10-11-31-26(23)34/h6-11,16-17,21,24-25,27,36-37H,12-15H2,1-5H3,(H2,29,31)(H,30,35)/t21-,24-,25-,27-/m1/s1. The highest BCUT2D eigenvalue weighted by molar-refractivity contribution is 5.83. The van der Waals surface area contributed by atoms with Crippen LogP contribution in [0.3, 0.4) is 0 Å². The van der Waals surface area contributed by atoms with Crippen LogP contribution in [0.2, 0.25) is 0 Å². The van der Waals surface area contributed by atoms with E-state index in [2.05, 4.69) is 53.1 Å². The van der Waals surface area contributed by atoms with Crippen LogP contribution >= 0.6 is 0 Å². The lowest BCUT2D eigenvalue weighted by atomic mass is 9.86. The minimum Gasteiger partial charge on any atom is -0.397 e. The maximum atomic E-state index is 12.5. The van der Waals surface area contributed by atoms with Gasteiger partial charge in [-0.1, -0.05) is 45.0 Å². The Balaban J connectivity index is 1.32. The first kappa shape index (κ1) is 28.0. The summed E-state index contributed by atoms with van der Waals surface area (Å²) >= 11 is 0. The number of ether oxygens (including phenoxy) is 1. The molecule has 0 spiro atoms. The second-order valence-corrected chi connectivity index (χ2v) is 11.3. The van der Waals surface area contributed by atoms with Gasteiger partial charge < -0.3 is 26.0 Å². The Morgan fingerprint density at radius 3 is 2.53 bits per heavy atom. The van der Waals surface area contributed by atoms with Crippen molar-refractivity contribution in [2.24, 2.45) is 0 Å². The van der Waals surface area contributed by atoms with E-state index in [4.69, 9.17) is 10.5 Å². The fraction of sp³-hybridized carbons (Fsp3) is 0.536. The van der Waals surface area contributed by atoms with Crippen molar-refractivity contribution >= 4 is 22.8 Å². The number of benzene rings is 1. The number of hydrogen-bond acceptors (Lipinski definition) is 8. The molecule has 2 aromatic heterocycles. The van der Waals surface area contributed by atoms with Crippen molar-refractivity contribution in [2.75, 3.05) is 25.4 Å². The van der Waals surface area contributed by atoms with Gasteiger partial charge in [-0.2, -0.15) is 0 Å². The average molecular weight is 525 g/mol. The summed E-state index contributed by atoms with van der Waals surface area (Å²) in [5.74, 6) is -0.0383. The van der Waals surface area contributed by atoms with Crippen LogP contribution in [-0.4, -0.2) is 79.5 Å². The molecular weight excluding hydrogens is 484 g/mol. The van der Waals surface area contributed by atoms with Crippen molar-refractivity contribution in [3.8, 4) is 0 Å². The Kier molecular flexibility index (Phi) is 8.37. The molecule has 0 bridgehead atoms. The normalized spacial score (nSPS) is 22.0. The van der Waals surface area contributed by atoms with E-state index < -0.39 is 24.5 Å². The Labute approximate surface area is 223 Å². The van der Waals surface area contributed by atoms with Crippen LogP contribution in [0.4, 0.5) is 5.69 Å². The third-order valence-electron chi connectivity index (χ3n) is 7.15. The van der Waals surface area contributed by atoms with Crippen molar-refractivity contribution in [3.63, 3.8) is 0 Å². The molecule has 0 radical (unpaired) electrons. The topological polar surface area (TPSA) is 139 Å². The molecule has 1 fully saturated rings. The van der Waals surface area contributed by atoms with Crippen LogP contribution in [0.5, 0.6) is 0 Å². The zero-order valence-electron chi connectivity index (χ0n) is 22.8. The molecule has 10 nitrogen and oxygen atoms in total. The molecule has 3 heterocycles. The summed E-state index contributed by atoms with van der Waals surface area (Å²) in [6.07, 6.45) is -0.309. The smallest absolute Gasteiger partial charge is 0.224 e. The zero-order chi connectivity index (χ0) is 27.6. The molecule has 4 rings (SSSR count). The molecule has 0 aliphatic carbocycles. The van der Waals surface area contributed by atoms with Gasteiger partial charge in [0.1, 0.15) is 23.8 Å². The first-order valence-corrected chi connectivity index (χ1v) is 13.1. The molecule has 38 heavy (non-hydrogen) atoms. The number of fused-ring (bicyclic) bond motifs is 1. The average Bonchev–Trinajstić information content (AvgIpc) is 3.40. The Bertz CT molecular complexity index is 1240. The summed E-state index contributed by atoms with van der Waals surface area (Å²) < 4.78 is 7.72. The van der Waals surface area contributed by atoms with E-state index in [0.717, 1.165) is 5.56 Å². The molecule has 206 valence electrons. The highest BCUT2D eigenvalue weighted by Crippen LogP contribution is 2.32. The van der Waals surface area contributed by atoms with Gasteiger partial charge in [-0.25, -0.2) is 9.97 Å². The lowest BCUT2D eigenvalue weighted by Gasteiger charge is -2.30. The molecule has 4 atom stereocenters. The second-order valence-electron chi connectivity index (χ2n) is 11.3. The molecule has 1 aromatic carbocycles. The van der Waals surface area contributed by atoms with Crippen molar-refractivity contribution in [3.05, 3.63) is 54.0 Å². The highest BCUT2D eigenvalue weighted by Gasteiger charge is 2.45. The van der Waals surface area contributed by atoms with Gasteiger partial charge in [0, 0.05) is 31.9 Å². The van der Waals surface area contributed by atoms with Gasteiger partial charge in [-0.15, -0.1) is 0 Å². The number of rotatable bonds is 9. The van der Waals surface area contributed by atoms with E-state index in [1.54, 1.807) is 16.8 Å². The van der Waals surface area contributed by atoms with Gasteiger partial charge in [0.2, 0.25) is 5.91 Å². The summed E-state index contributed by atoms with van der Waals surface area (Å²) in [6, 6.07) is 9.97. The maximum absolute atomic E-state index is 12.5. The molecule has 3 aromatic rings. The quantitative estimate of drug-likeness (QED) is 0.333. The molecule has 0 unspecified atom stereocenters. The van der Waals surface area contributed by atoms with E-state index in [1.165, 1.54) is 11.9 Å². The predicted octanol–water partition coefficient (Wildman–Crippen LogP) is 2.00. The van der Waals surface area contributed by atoms with E-state index in [1.807, 2.05) is 26.0 Å². The molecule has 1 amide bonds. The number of carbonyl (C=O) groups is 1. The minimum atomic E-state index is -1.15. The largest absolute Gasteiger partial charge is 0.397 e. The SMILES string of the molecule is CC(C)N(CCNC(=O)Cc1ccc(C(C)(C)C)cc1)C[C@H]1O[C@@H](n2cnc3c(N)ccnc32)[C@H](O)[C@@H]1O. The number of imidazole rings is 1. The van der Waals surface area contributed by atoms with Crippen LogP contribution in [0.1, 0.15) is 52.0 Å². The molecular formula is C28H40N6O4. The van der Waals surface area contributed by atoms with Gasteiger partial charge in [0.15, 0.2) is 11.9 Å². The van der Waals surface area contributed by atoms with Crippen LogP contribution in [0.15, 0.2) is 42.9 Å². The number of anilines is 1. The van der Waals surface area contributed by atoms with Crippen LogP contribution < -0.4 is 11.1 Å². The van der Waals surface area contributed by atoms with E-state index in [0.29, 0.717) is 42.9 Å².